The maximum atomic E-state index is 9.50. The van der Waals surface area contributed by atoms with Crippen LogP contribution in [0.25, 0.3) is 32.3 Å². The minimum absolute atomic E-state index is 0.135. The van der Waals surface area contributed by atoms with Gasteiger partial charge in [-0.3, -0.25) is 0 Å². The van der Waals surface area contributed by atoms with Gasteiger partial charge in [0.25, 0.3) is 0 Å². The molecular weight excluding hydrogens is 296 g/mol. The smallest absolute Gasteiger partial charge is 0.0471 e. The van der Waals surface area contributed by atoms with Crippen molar-refractivity contribution < 1.29 is 10.2 Å². The molecule has 0 saturated heterocycles. The van der Waals surface area contributed by atoms with Crippen LogP contribution in [0.3, 0.4) is 0 Å². The zero-order valence-corrected chi connectivity index (χ0v) is 13.5. The largest absolute Gasteiger partial charge is 0.396 e. The Labute approximate surface area is 141 Å². The summed E-state index contributed by atoms with van der Waals surface area (Å²) >= 11 is 0. The number of aliphatic hydroxyl groups is 2. The Kier molecular flexibility index (Phi) is 3.93. The lowest BCUT2D eigenvalue weighted by atomic mass is 9.91. The molecule has 0 amide bonds. The van der Waals surface area contributed by atoms with E-state index in [4.69, 9.17) is 0 Å². The molecule has 0 heterocycles. The van der Waals surface area contributed by atoms with Crippen molar-refractivity contribution in [3.63, 3.8) is 0 Å². The van der Waals surface area contributed by atoms with Gasteiger partial charge in [-0.2, -0.15) is 0 Å². The second-order valence-corrected chi connectivity index (χ2v) is 6.24. The number of hydrogen-bond donors (Lipinski definition) is 2. The first-order chi connectivity index (χ1) is 11.8. The molecule has 0 aliphatic heterocycles. The molecule has 4 aromatic rings. The van der Waals surface area contributed by atoms with Crippen LogP contribution in [-0.2, 0) is 12.8 Å². The van der Waals surface area contributed by atoms with E-state index in [-0.39, 0.29) is 13.2 Å². The SMILES string of the molecule is OCCc1ccc2c(c1)c(CCO)cc1c3ccccc3ccc21. The summed E-state index contributed by atoms with van der Waals surface area (Å²) in [6.45, 7) is 0.286. The molecule has 0 aromatic heterocycles. The lowest BCUT2D eigenvalue weighted by Gasteiger charge is -2.13. The van der Waals surface area contributed by atoms with E-state index in [2.05, 4.69) is 60.7 Å². The summed E-state index contributed by atoms with van der Waals surface area (Å²) in [5.41, 5.74) is 2.29. The highest BCUT2D eigenvalue weighted by molar-refractivity contribution is 6.18. The van der Waals surface area contributed by atoms with E-state index in [0.717, 1.165) is 11.1 Å². The van der Waals surface area contributed by atoms with Gasteiger partial charge in [-0.05, 0) is 62.4 Å². The first kappa shape index (κ1) is 15.1. The molecule has 0 bridgehead atoms. The molecule has 0 fully saturated rings. The molecule has 2 nitrogen and oxygen atoms in total. The van der Waals surface area contributed by atoms with Crippen LogP contribution in [0.1, 0.15) is 11.1 Å². The van der Waals surface area contributed by atoms with E-state index in [1.165, 1.54) is 32.3 Å². The predicted octanol–water partition coefficient (Wildman–Crippen LogP) is 4.22. The highest BCUT2D eigenvalue weighted by Gasteiger charge is 2.10. The number of fused-ring (bicyclic) bond motifs is 5. The number of hydrogen-bond acceptors (Lipinski definition) is 2. The fourth-order valence-corrected chi connectivity index (χ4v) is 3.64. The van der Waals surface area contributed by atoms with Gasteiger partial charge in [0.05, 0.1) is 0 Å². The second kappa shape index (κ2) is 6.23. The fraction of sp³-hybridized carbons (Fsp3) is 0.182. The van der Waals surface area contributed by atoms with E-state index >= 15 is 0 Å². The van der Waals surface area contributed by atoms with Gasteiger partial charge in [-0.25, -0.2) is 0 Å². The van der Waals surface area contributed by atoms with Crippen molar-refractivity contribution in [3.8, 4) is 0 Å². The summed E-state index contributed by atoms with van der Waals surface area (Å²) in [6, 6.07) is 21.4. The van der Waals surface area contributed by atoms with Crippen LogP contribution in [0.15, 0.2) is 60.7 Å². The topological polar surface area (TPSA) is 40.5 Å². The number of rotatable bonds is 4. The average Bonchev–Trinajstić information content (AvgIpc) is 2.62. The molecule has 2 N–H and O–H groups in total. The minimum Gasteiger partial charge on any atom is -0.396 e. The Morgan fingerprint density at radius 1 is 0.583 bits per heavy atom. The standard InChI is InChI=1S/C22H20O2/c23-11-9-15-5-7-19-20-8-6-16-3-1-2-4-18(16)22(20)14-17(10-12-24)21(19)13-15/h1-8,13-14,23-24H,9-12H2. The van der Waals surface area contributed by atoms with Crippen molar-refractivity contribution in [2.24, 2.45) is 0 Å². The summed E-state index contributed by atoms with van der Waals surface area (Å²) in [5.74, 6) is 0. The van der Waals surface area contributed by atoms with Crippen molar-refractivity contribution >= 4 is 32.3 Å². The third-order valence-corrected chi connectivity index (χ3v) is 4.79. The maximum Gasteiger partial charge on any atom is 0.0471 e. The van der Waals surface area contributed by atoms with Gasteiger partial charge in [0, 0.05) is 13.2 Å². The van der Waals surface area contributed by atoms with Gasteiger partial charge in [0.15, 0.2) is 0 Å². The fourth-order valence-electron chi connectivity index (χ4n) is 3.64. The molecule has 4 rings (SSSR count). The van der Waals surface area contributed by atoms with Gasteiger partial charge in [-0.15, -0.1) is 0 Å². The monoisotopic (exact) mass is 316 g/mol. The van der Waals surface area contributed by atoms with Crippen molar-refractivity contribution in [2.75, 3.05) is 13.2 Å². The molecule has 0 spiro atoms. The van der Waals surface area contributed by atoms with Crippen LogP contribution < -0.4 is 0 Å². The molecule has 0 unspecified atom stereocenters. The first-order valence-electron chi connectivity index (χ1n) is 8.39. The van der Waals surface area contributed by atoms with E-state index in [9.17, 15) is 10.2 Å². The molecule has 0 atom stereocenters. The first-order valence-corrected chi connectivity index (χ1v) is 8.39. The second-order valence-electron chi connectivity index (χ2n) is 6.24. The molecule has 0 saturated carbocycles. The molecule has 0 aliphatic rings. The van der Waals surface area contributed by atoms with Crippen molar-refractivity contribution in [1.82, 2.24) is 0 Å². The van der Waals surface area contributed by atoms with Crippen LogP contribution >= 0.6 is 0 Å². The lowest BCUT2D eigenvalue weighted by Crippen LogP contribution is -1.96. The summed E-state index contributed by atoms with van der Waals surface area (Å²) in [6.07, 6.45) is 1.29. The number of aliphatic hydroxyl groups excluding tert-OH is 2. The highest BCUT2D eigenvalue weighted by Crippen LogP contribution is 2.34. The summed E-state index contributed by atoms with van der Waals surface area (Å²) in [7, 11) is 0. The van der Waals surface area contributed by atoms with E-state index in [0.29, 0.717) is 12.8 Å². The molecule has 120 valence electrons. The van der Waals surface area contributed by atoms with Gasteiger partial charge in [0.1, 0.15) is 0 Å². The van der Waals surface area contributed by atoms with Crippen LogP contribution in [-0.4, -0.2) is 23.4 Å². The van der Waals surface area contributed by atoms with Crippen molar-refractivity contribution in [1.29, 1.82) is 0 Å². The van der Waals surface area contributed by atoms with Crippen LogP contribution in [0.5, 0.6) is 0 Å². The van der Waals surface area contributed by atoms with Gasteiger partial charge < -0.3 is 10.2 Å². The maximum absolute atomic E-state index is 9.50. The quantitative estimate of drug-likeness (QED) is 0.554. The van der Waals surface area contributed by atoms with Gasteiger partial charge in [0.2, 0.25) is 0 Å². The Bertz CT molecular complexity index is 1030. The molecule has 2 heteroatoms. The molecule has 24 heavy (non-hydrogen) atoms. The van der Waals surface area contributed by atoms with Crippen LogP contribution in [0.4, 0.5) is 0 Å². The highest BCUT2D eigenvalue weighted by atomic mass is 16.3. The van der Waals surface area contributed by atoms with E-state index in [1.54, 1.807) is 0 Å². The minimum atomic E-state index is 0.135. The lowest BCUT2D eigenvalue weighted by molar-refractivity contribution is 0.299. The summed E-state index contributed by atoms with van der Waals surface area (Å²) < 4.78 is 0. The third-order valence-electron chi connectivity index (χ3n) is 4.79. The molecule has 0 aliphatic carbocycles. The zero-order chi connectivity index (χ0) is 16.5. The van der Waals surface area contributed by atoms with E-state index in [1.807, 2.05) is 0 Å². The van der Waals surface area contributed by atoms with E-state index < -0.39 is 0 Å². The molecule has 0 radical (unpaired) electrons. The van der Waals surface area contributed by atoms with Gasteiger partial charge in [-0.1, -0.05) is 54.6 Å². The Morgan fingerprint density at radius 3 is 2.17 bits per heavy atom. The average molecular weight is 316 g/mol. The molecule has 4 aromatic carbocycles. The number of benzene rings is 4. The third kappa shape index (κ3) is 2.44. The van der Waals surface area contributed by atoms with Crippen LogP contribution in [0, 0.1) is 0 Å². The predicted molar refractivity (Wildman–Crippen MR) is 101 cm³/mol. The van der Waals surface area contributed by atoms with Gasteiger partial charge >= 0.3 is 0 Å². The zero-order valence-electron chi connectivity index (χ0n) is 13.5. The molecular formula is C22H20O2. The normalized spacial score (nSPS) is 11.6. The Morgan fingerprint density at radius 2 is 1.33 bits per heavy atom. The Balaban J connectivity index is 2.11. The van der Waals surface area contributed by atoms with Crippen molar-refractivity contribution in [2.45, 2.75) is 12.8 Å². The van der Waals surface area contributed by atoms with Crippen LogP contribution in [0.2, 0.25) is 0 Å². The van der Waals surface area contributed by atoms with Crippen molar-refractivity contribution in [3.05, 3.63) is 71.8 Å². The Hall–Kier alpha value is -2.42. The summed E-state index contributed by atoms with van der Waals surface area (Å²) in [5, 5.41) is 26.1. The summed E-state index contributed by atoms with van der Waals surface area (Å²) in [4.78, 5) is 0.